The Labute approximate surface area is 195 Å². The summed E-state index contributed by atoms with van der Waals surface area (Å²) in [5, 5.41) is 0.742. The van der Waals surface area contributed by atoms with Crippen LogP contribution in [0.3, 0.4) is 0 Å². The SMILES string of the molecule is NCC1=C(c2ccc(Cl)cc2)C=CCN1CC1CCN(CCOc2ccccc2F)CC1. The summed E-state index contributed by atoms with van der Waals surface area (Å²) in [7, 11) is 0. The van der Waals surface area contributed by atoms with E-state index in [0.29, 0.717) is 24.8 Å². The van der Waals surface area contributed by atoms with E-state index < -0.39 is 0 Å². The Morgan fingerprint density at radius 3 is 2.53 bits per heavy atom. The second-order valence-corrected chi connectivity index (χ2v) is 8.88. The zero-order valence-electron chi connectivity index (χ0n) is 18.4. The van der Waals surface area contributed by atoms with Gasteiger partial charge in [-0.15, -0.1) is 0 Å². The minimum Gasteiger partial charge on any atom is -0.489 e. The molecule has 2 N–H and O–H groups in total. The van der Waals surface area contributed by atoms with Crippen molar-refractivity contribution in [1.29, 1.82) is 0 Å². The van der Waals surface area contributed by atoms with Crippen LogP contribution in [0.1, 0.15) is 18.4 Å². The van der Waals surface area contributed by atoms with Crippen molar-refractivity contribution in [3.63, 3.8) is 0 Å². The minimum atomic E-state index is -0.302. The molecule has 0 saturated carbocycles. The van der Waals surface area contributed by atoms with Crippen LogP contribution in [-0.4, -0.2) is 55.7 Å². The lowest BCUT2D eigenvalue weighted by atomic mass is 9.94. The van der Waals surface area contributed by atoms with Crippen LogP contribution in [-0.2, 0) is 0 Å². The maximum absolute atomic E-state index is 13.7. The van der Waals surface area contributed by atoms with Gasteiger partial charge in [-0.25, -0.2) is 4.39 Å². The van der Waals surface area contributed by atoms with Crippen LogP contribution in [0, 0.1) is 11.7 Å². The number of nitrogens with zero attached hydrogens (tertiary/aromatic N) is 2. The third kappa shape index (κ3) is 5.71. The third-order valence-electron chi connectivity index (χ3n) is 6.34. The van der Waals surface area contributed by atoms with E-state index >= 15 is 0 Å². The molecule has 0 amide bonds. The minimum absolute atomic E-state index is 0.302. The van der Waals surface area contributed by atoms with Crippen LogP contribution in [0.2, 0.25) is 5.02 Å². The summed E-state index contributed by atoms with van der Waals surface area (Å²) in [4.78, 5) is 4.85. The van der Waals surface area contributed by atoms with E-state index in [9.17, 15) is 4.39 Å². The Balaban J connectivity index is 1.28. The van der Waals surface area contributed by atoms with E-state index in [4.69, 9.17) is 22.1 Å². The van der Waals surface area contributed by atoms with Gasteiger partial charge in [0, 0.05) is 42.5 Å². The zero-order valence-corrected chi connectivity index (χ0v) is 19.1. The first-order valence-electron chi connectivity index (χ1n) is 11.3. The summed E-state index contributed by atoms with van der Waals surface area (Å²) in [6.07, 6.45) is 6.69. The smallest absolute Gasteiger partial charge is 0.165 e. The molecule has 2 aromatic rings. The average molecular weight is 456 g/mol. The van der Waals surface area contributed by atoms with Gasteiger partial charge in [-0.05, 0) is 61.7 Å². The van der Waals surface area contributed by atoms with Gasteiger partial charge < -0.3 is 15.4 Å². The number of rotatable bonds is 8. The average Bonchev–Trinajstić information content (AvgIpc) is 2.82. The molecule has 2 aromatic carbocycles. The molecule has 0 bridgehead atoms. The number of halogens is 2. The van der Waals surface area contributed by atoms with Crippen molar-refractivity contribution in [3.05, 3.63) is 82.8 Å². The second kappa shape index (κ2) is 11.0. The second-order valence-electron chi connectivity index (χ2n) is 8.44. The van der Waals surface area contributed by atoms with Crippen LogP contribution in [0.15, 0.2) is 66.4 Å². The fraction of sp³-hybridized carbons (Fsp3) is 0.385. The number of benzene rings is 2. The molecule has 1 fully saturated rings. The number of para-hydroxylation sites is 1. The lowest BCUT2D eigenvalue weighted by Gasteiger charge is -2.37. The molecule has 4 nitrogen and oxygen atoms in total. The van der Waals surface area contributed by atoms with E-state index in [-0.39, 0.29) is 5.82 Å². The van der Waals surface area contributed by atoms with Gasteiger partial charge in [0.15, 0.2) is 11.6 Å². The molecule has 2 heterocycles. The third-order valence-corrected chi connectivity index (χ3v) is 6.59. The quantitative estimate of drug-likeness (QED) is 0.620. The van der Waals surface area contributed by atoms with Crippen molar-refractivity contribution in [3.8, 4) is 5.75 Å². The number of likely N-dealkylation sites (tertiary alicyclic amines) is 1. The molecular weight excluding hydrogens is 425 g/mol. The number of nitrogens with two attached hydrogens (primary N) is 1. The van der Waals surface area contributed by atoms with Crippen molar-refractivity contribution >= 4 is 17.2 Å². The maximum Gasteiger partial charge on any atom is 0.165 e. The molecule has 4 rings (SSSR count). The van der Waals surface area contributed by atoms with Crippen molar-refractivity contribution < 1.29 is 9.13 Å². The first-order chi connectivity index (χ1) is 15.6. The summed E-state index contributed by atoms with van der Waals surface area (Å²) in [6.45, 7) is 5.86. The van der Waals surface area contributed by atoms with Crippen LogP contribution < -0.4 is 10.5 Å². The van der Waals surface area contributed by atoms with Gasteiger partial charge in [-0.3, -0.25) is 4.90 Å². The van der Waals surface area contributed by atoms with Crippen LogP contribution in [0.5, 0.6) is 5.75 Å². The summed E-state index contributed by atoms with van der Waals surface area (Å²) >= 11 is 6.06. The van der Waals surface area contributed by atoms with Crippen molar-refractivity contribution in [2.24, 2.45) is 11.7 Å². The van der Waals surface area contributed by atoms with E-state index in [0.717, 1.165) is 56.2 Å². The summed E-state index contributed by atoms with van der Waals surface area (Å²) in [5.41, 5.74) is 9.73. The summed E-state index contributed by atoms with van der Waals surface area (Å²) in [6, 6.07) is 14.5. The molecule has 0 atom stereocenters. The van der Waals surface area contributed by atoms with Crippen LogP contribution >= 0.6 is 11.6 Å². The molecule has 0 spiro atoms. The van der Waals surface area contributed by atoms with Crippen molar-refractivity contribution in [2.45, 2.75) is 12.8 Å². The highest BCUT2D eigenvalue weighted by Crippen LogP contribution is 2.29. The molecule has 2 aliphatic rings. The number of hydrogen-bond donors (Lipinski definition) is 1. The lowest BCUT2D eigenvalue weighted by Crippen LogP contribution is -2.41. The molecule has 2 aliphatic heterocycles. The number of piperidine rings is 1. The van der Waals surface area contributed by atoms with E-state index in [1.54, 1.807) is 18.2 Å². The predicted octanol–water partition coefficient (Wildman–Crippen LogP) is 4.81. The molecule has 32 heavy (non-hydrogen) atoms. The van der Waals surface area contributed by atoms with Crippen molar-refractivity contribution in [2.75, 3.05) is 45.9 Å². The standard InChI is InChI=1S/C26H31ClFN3O/c27-22-9-7-21(8-10-22)23-4-3-13-31(25(23)18-29)19-20-11-14-30(15-12-20)16-17-32-26-6-2-1-5-24(26)28/h1-10,20H,11-19,29H2. The molecule has 1 saturated heterocycles. The maximum atomic E-state index is 13.7. The highest BCUT2D eigenvalue weighted by Gasteiger charge is 2.24. The Kier molecular flexibility index (Phi) is 7.85. The Hall–Kier alpha value is -2.34. The molecule has 6 heteroatoms. The summed E-state index contributed by atoms with van der Waals surface area (Å²) in [5.74, 6) is 0.667. The monoisotopic (exact) mass is 455 g/mol. The Morgan fingerprint density at radius 2 is 1.81 bits per heavy atom. The highest BCUT2D eigenvalue weighted by molar-refractivity contribution is 6.30. The van der Waals surface area contributed by atoms with Crippen LogP contribution in [0.4, 0.5) is 4.39 Å². The predicted molar refractivity (Wildman–Crippen MR) is 129 cm³/mol. The van der Waals surface area contributed by atoms with Gasteiger partial charge in [-0.1, -0.05) is 48.0 Å². The summed E-state index contributed by atoms with van der Waals surface area (Å²) < 4.78 is 19.3. The van der Waals surface area contributed by atoms with E-state index in [1.165, 1.54) is 17.3 Å². The molecule has 0 unspecified atom stereocenters. The van der Waals surface area contributed by atoms with Gasteiger partial charge >= 0.3 is 0 Å². The molecule has 0 radical (unpaired) electrons. The molecular formula is C26H31ClFN3O. The van der Waals surface area contributed by atoms with E-state index in [2.05, 4.69) is 34.1 Å². The Morgan fingerprint density at radius 1 is 1.06 bits per heavy atom. The lowest BCUT2D eigenvalue weighted by molar-refractivity contribution is 0.138. The van der Waals surface area contributed by atoms with Crippen molar-refractivity contribution in [1.82, 2.24) is 9.80 Å². The fourth-order valence-electron chi connectivity index (χ4n) is 4.54. The molecule has 0 aliphatic carbocycles. The zero-order chi connectivity index (χ0) is 22.3. The largest absolute Gasteiger partial charge is 0.489 e. The van der Waals surface area contributed by atoms with Gasteiger partial charge in [0.2, 0.25) is 0 Å². The van der Waals surface area contributed by atoms with E-state index in [1.807, 2.05) is 12.1 Å². The van der Waals surface area contributed by atoms with Gasteiger partial charge in [0.05, 0.1) is 0 Å². The van der Waals surface area contributed by atoms with Crippen LogP contribution in [0.25, 0.3) is 5.57 Å². The first-order valence-corrected chi connectivity index (χ1v) is 11.7. The number of allylic oxidation sites excluding steroid dienone is 2. The topological polar surface area (TPSA) is 41.7 Å². The normalized spacial score (nSPS) is 17.8. The van der Waals surface area contributed by atoms with Gasteiger partial charge in [0.25, 0.3) is 0 Å². The first kappa shape index (κ1) is 22.8. The molecule has 170 valence electrons. The number of ether oxygens (including phenoxy) is 1. The number of hydrogen-bond acceptors (Lipinski definition) is 4. The van der Waals surface area contributed by atoms with Gasteiger partial charge in [0.1, 0.15) is 6.61 Å². The Bertz CT molecular complexity index is 952. The molecule has 0 aromatic heterocycles. The van der Waals surface area contributed by atoms with Gasteiger partial charge in [-0.2, -0.15) is 0 Å². The fourth-order valence-corrected chi connectivity index (χ4v) is 4.67. The highest BCUT2D eigenvalue weighted by atomic mass is 35.5.